The van der Waals surface area contributed by atoms with Crippen LogP contribution in [-0.4, -0.2) is 24.1 Å². The summed E-state index contributed by atoms with van der Waals surface area (Å²) in [4.78, 5) is 16.0. The molecular weight excluding hydrogens is 743 g/mol. The van der Waals surface area contributed by atoms with E-state index in [2.05, 4.69) is 191 Å². The van der Waals surface area contributed by atoms with Crippen LogP contribution in [0.1, 0.15) is 22.3 Å². The van der Waals surface area contributed by atoms with Gasteiger partial charge in [-0.25, -0.2) is 4.98 Å². The van der Waals surface area contributed by atoms with Gasteiger partial charge in [-0.3, -0.25) is 4.57 Å². The van der Waals surface area contributed by atoms with Gasteiger partial charge < -0.3 is 4.57 Å². The monoisotopic (exact) mass is 775 g/mol. The molecule has 5 nitrogen and oxygen atoms in total. The lowest BCUT2D eigenvalue weighted by atomic mass is 9.63. The van der Waals surface area contributed by atoms with Gasteiger partial charge >= 0.3 is 0 Å². The van der Waals surface area contributed by atoms with Gasteiger partial charge in [-0.1, -0.05) is 164 Å². The van der Waals surface area contributed by atoms with Crippen molar-refractivity contribution in [3.63, 3.8) is 0 Å². The van der Waals surface area contributed by atoms with Crippen LogP contribution < -0.4 is 0 Å². The molecule has 2 aliphatic carbocycles. The average Bonchev–Trinajstić information content (AvgIpc) is 3.96. The Balaban J connectivity index is 1.06. The number of rotatable bonds is 4. The molecule has 282 valence electrons. The van der Waals surface area contributed by atoms with Crippen molar-refractivity contribution >= 4 is 54.4 Å². The van der Waals surface area contributed by atoms with Gasteiger partial charge in [-0.05, 0) is 80.6 Å². The summed E-state index contributed by atoms with van der Waals surface area (Å²) in [6, 6.07) is 72.3. The van der Waals surface area contributed by atoms with Crippen LogP contribution in [0.3, 0.4) is 0 Å². The Morgan fingerprint density at radius 2 is 0.885 bits per heavy atom. The fraction of sp³-hybridized carbons (Fsp3) is 0.0179. The molecule has 0 atom stereocenters. The molecule has 0 unspecified atom stereocenters. The van der Waals surface area contributed by atoms with E-state index in [0.717, 1.165) is 38.9 Å². The van der Waals surface area contributed by atoms with Crippen molar-refractivity contribution in [1.82, 2.24) is 24.1 Å². The number of hydrogen-bond acceptors (Lipinski definition) is 3. The molecule has 0 saturated carbocycles. The third-order valence-corrected chi connectivity index (χ3v) is 13.4. The third-order valence-electron chi connectivity index (χ3n) is 13.4. The van der Waals surface area contributed by atoms with E-state index in [9.17, 15) is 0 Å². The second kappa shape index (κ2) is 12.0. The fourth-order valence-electron chi connectivity index (χ4n) is 11.0. The summed E-state index contributed by atoms with van der Waals surface area (Å²) in [6.07, 6.45) is 0. The standard InChI is InChI=1S/C56H33N5/c1-2-15-35(16-3-1)53-57-54(36-18-12-19-37(33-36)60-46-28-10-6-22-40(46)41-23-7-11-29-47(41)60)59-55(58-53)61-48-30-14-27-45-51(48)52-49(61)32-31-34-17-13-26-44(50(34)52)56(45)42-24-8-4-20-38(42)39-21-5-9-25-43(39)56/h1-33H. The highest BCUT2D eigenvalue weighted by atomic mass is 15.2. The molecule has 14 rings (SSSR count). The number of para-hydroxylation sites is 2. The zero-order chi connectivity index (χ0) is 39.8. The predicted octanol–water partition coefficient (Wildman–Crippen LogP) is 13.2. The Labute approximate surface area is 350 Å². The molecule has 3 heterocycles. The molecule has 61 heavy (non-hydrogen) atoms. The van der Waals surface area contributed by atoms with Crippen molar-refractivity contribution in [1.29, 1.82) is 0 Å². The Morgan fingerprint density at radius 3 is 1.62 bits per heavy atom. The number of aromatic nitrogens is 5. The van der Waals surface area contributed by atoms with E-state index < -0.39 is 5.41 Å². The predicted molar refractivity (Wildman–Crippen MR) is 248 cm³/mol. The van der Waals surface area contributed by atoms with Gasteiger partial charge in [0.25, 0.3) is 0 Å². The molecule has 0 N–H and O–H groups in total. The molecule has 0 fully saturated rings. The second-order valence-electron chi connectivity index (χ2n) is 16.3. The van der Waals surface area contributed by atoms with Crippen molar-refractivity contribution in [2.24, 2.45) is 0 Å². The first-order valence-corrected chi connectivity index (χ1v) is 20.9. The molecule has 0 saturated heterocycles. The van der Waals surface area contributed by atoms with Gasteiger partial charge in [0.1, 0.15) is 0 Å². The molecule has 3 aromatic heterocycles. The minimum atomic E-state index is -0.494. The lowest BCUT2D eigenvalue weighted by molar-refractivity contribution is 0.783. The maximum atomic E-state index is 5.44. The van der Waals surface area contributed by atoms with Crippen LogP contribution in [-0.2, 0) is 5.41 Å². The Bertz CT molecular complexity index is 3740. The van der Waals surface area contributed by atoms with E-state index in [0.29, 0.717) is 17.6 Å². The van der Waals surface area contributed by atoms with E-state index in [4.69, 9.17) is 15.0 Å². The summed E-state index contributed by atoms with van der Waals surface area (Å²) in [7, 11) is 0. The summed E-state index contributed by atoms with van der Waals surface area (Å²) in [5.74, 6) is 1.83. The van der Waals surface area contributed by atoms with E-state index in [1.54, 1.807) is 0 Å². The van der Waals surface area contributed by atoms with Gasteiger partial charge in [0.05, 0.1) is 27.5 Å². The smallest absolute Gasteiger partial charge is 0.238 e. The first kappa shape index (κ1) is 32.8. The van der Waals surface area contributed by atoms with Crippen LogP contribution in [0.2, 0.25) is 0 Å². The van der Waals surface area contributed by atoms with E-state index in [1.165, 1.54) is 65.7 Å². The minimum Gasteiger partial charge on any atom is -0.309 e. The number of hydrogen-bond donors (Lipinski definition) is 0. The molecule has 12 aromatic rings. The molecule has 2 aliphatic rings. The Hall–Kier alpha value is -8.15. The molecule has 1 spiro atoms. The highest BCUT2D eigenvalue weighted by Gasteiger charge is 2.50. The molecule has 9 aromatic carbocycles. The summed E-state index contributed by atoms with van der Waals surface area (Å²) in [6.45, 7) is 0. The Morgan fingerprint density at radius 1 is 0.344 bits per heavy atom. The first-order chi connectivity index (χ1) is 30.3. The maximum Gasteiger partial charge on any atom is 0.238 e. The Kier molecular flexibility index (Phi) is 6.43. The first-order valence-electron chi connectivity index (χ1n) is 20.9. The van der Waals surface area contributed by atoms with Crippen LogP contribution in [0.25, 0.3) is 99.9 Å². The van der Waals surface area contributed by atoms with Crippen molar-refractivity contribution in [2.75, 3.05) is 0 Å². The zero-order valence-corrected chi connectivity index (χ0v) is 32.8. The van der Waals surface area contributed by atoms with Crippen LogP contribution >= 0.6 is 0 Å². The lowest BCUT2D eigenvalue weighted by Gasteiger charge is -2.37. The quantitative estimate of drug-likeness (QED) is 0.179. The van der Waals surface area contributed by atoms with Crippen LogP contribution in [0.4, 0.5) is 0 Å². The van der Waals surface area contributed by atoms with E-state index in [1.807, 2.05) is 18.2 Å². The summed E-state index contributed by atoms with van der Waals surface area (Å²) in [5, 5.41) is 7.44. The normalized spacial score (nSPS) is 13.4. The van der Waals surface area contributed by atoms with Crippen LogP contribution in [0.5, 0.6) is 0 Å². The molecule has 0 bridgehead atoms. The highest BCUT2D eigenvalue weighted by molar-refractivity contribution is 6.26. The van der Waals surface area contributed by atoms with Gasteiger partial charge in [0.15, 0.2) is 11.6 Å². The molecule has 0 aliphatic heterocycles. The molecular formula is C56H33N5. The SMILES string of the molecule is c1ccc(-c2nc(-c3cccc(-n4c5ccccc5c5ccccc54)c3)nc(-n3c4cccc5c4c4c6c(cccc6ccc43)C53c4ccccc4-c4ccccc43)n2)cc1. The van der Waals surface area contributed by atoms with Gasteiger partial charge in [0, 0.05) is 38.4 Å². The molecule has 5 heteroatoms. The molecule has 0 amide bonds. The van der Waals surface area contributed by atoms with Gasteiger partial charge in [-0.2, -0.15) is 9.97 Å². The topological polar surface area (TPSA) is 48.5 Å². The van der Waals surface area contributed by atoms with E-state index >= 15 is 0 Å². The number of nitrogens with zero attached hydrogens (tertiary/aromatic N) is 5. The summed E-state index contributed by atoms with van der Waals surface area (Å²) < 4.78 is 4.63. The van der Waals surface area contributed by atoms with Crippen molar-refractivity contribution in [3.8, 4) is 45.5 Å². The maximum absolute atomic E-state index is 5.44. The van der Waals surface area contributed by atoms with Crippen molar-refractivity contribution in [2.45, 2.75) is 5.41 Å². The zero-order valence-electron chi connectivity index (χ0n) is 32.8. The fourth-order valence-corrected chi connectivity index (χ4v) is 11.0. The van der Waals surface area contributed by atoms with Crippen LogP contribution in [0.15, 0.2) is 200 Å². The molecule has 0 radical (unpaired) electrons. The summed E-state index contributed by atoms with van der Waals surface area (Å²) in [5.41, 5.74) is 14.7. The second-order valence-corrected chi connectivity index (χ2v) is 16.3. The van der Waals surface area contributed by atoms with Gasteiger partial charge in [0.2, 0.25) is 5.95 Å². The number of benzene rings is 9. The van der Waals surface area contributed by atoms with Gasteiger partial charge in [-0.15, -0.1) is 0 Å². The summed E-state index contributed by atoms with van der Waals surface area (Å²) >= 11 is 0. The van der Waals surface area contributed by atoms with Crippen molar-refractivity contribution < 1.29 is 0 Å². The van der Waals surface area contributed by atoms with E-state index in [-0.39, 0.29) is 0 Å². The van der Waals surface area contributed by atoms with Crippen molar-refractivity contribution in [3.05, 3.63) is 222 Å². The minimum absolute atomic E-state index is 0.494. The largest absolute Gasteiger partial charge is 0.309 e. The highest BCUT2D eigenvalue weighted by Crippen LogP contribution is 2.62. The lowest BCUT2D eigenvalue weighted by Crippen LogP contribution is -2.30. The third kappa shape index (κ3) is 4.21. The average molecular weight is 776 g/mol. The van der Waals surface area contributed by atoms with Crippen LogP contribution in [0, 0.1) is 0 Å². The number of fused-ring (bicyclic) bond motifs is 10.